The van der Waals surface area contributed by atoms with Crippen molar-refractivity contribution >= 4 is 12.0 Å². The lowest BCUT2D eigenvalue weighted by atomic mass is 10.1. The molecule has 1 atom stereocenters. The number of nitrogens with one attached hydrogen (secondary N) is 1. The summed E-state index contributed by atoms with van der Waals surface area (Å²) < 4.78 is 0. The highest BCUT2D eigenvalue weighted by Gasteiger charge is 2.07. The molecule has 1 aromatic carbocycles. The minimum Gasteiger partial charge on any atom is -0.506 e. The first kappa shape index (κ1) is 14.7. The number of rotatable bonds is 5. The molecule has 2 aromatic rings. The van der Waals surface area contributed by atoms with Crippen LogP contribution in [0.1, 0.15) is 17.2 Å². The lowest BCUT2D eigenvalue weighted by Crippen LogP contribution is -2.26. The number of hydrogen-bond acceptors (Lipinski definition) is 4. The summed E-state index contributed by atoms with van der Waals surface area (Å²) in [6.07, 6.45) is 4.96. The van der Waals surface area contributed by atoms with Gasteiger partial charge in [0.05, 0.1) is 12.3 Å². The maximum atomic E-state index is 11.6. The van der Waals surface area contributed by atoms with Crippen LogP contribution >= 0.6 is 0 Å². The third-order valence-electron chi connectivity index (χ3n) is 2.83. The lowest BCUT2D eigenvalue weighted by Gasteiger charge is -2.10. The van der Waals surface area contributed by atoms with Crippen molar-refractivity contribution in [2.24, 2.45) is 0 Å². The Morgan fingerprint density at radius 3 is 2.76 bits per heavy atom. The van der Waals surface area contributed by atoms with Crippen LogP contribution in [-0.4, -0.2) is 27.6 Å². The van der Waals surface area contributed by atoms with Gasteiger partial charge in [-0.05, 0) is 23.3 Å². The van der Waals surface area contributed by atoms with Crippen LogP contribution in [-0.2, 0) is 4.79 Å². The number of aromatic hydroxyl groups is 1. The standard InChI is InChI=1S/C16H16N2O3/c19-14-8-12(9-17-10-14)6-7-16(21)18-11-15(20)13-4-2-1-3-5-13/h1-10,15,19-20H,11H2,(H,18,21)/b7-6+. The molecule has 0 spiro atoms. The third-order valence-corrected chi connectivity index (χ3v) is 2.83. The van der Waals surface area contributed by atoms with E-state index in [1.54, 1.807) is 12.1 Å². The number of aliphatic hydroxyl groups is 1. The Morgan fingerprint density at radius 2 is 2.05 bits per heavy atom. The summed E-state index contributed by atoms with van der Waals surface area (Å²) in [5.74, 6) is -0.287. The van der Waals surface area contributed by atoms with Crippen molar-refractivity contribution in [2.45, 2.75) is 6.10 Å². The van der Waals surface area contributed by atoms with Gasteiger partial charge in [0, 0.05) is 18.8 Å². The monoisotopic (exact) mass is 284 g/mol. The topological polar surface area (TPSA) is 82.5 Å². The minimum atomic E-state index is -0.744. The van der Waals surface area contributed by atoms with Gasteiger partial charge in [0.25, 0.3) is 0 Å². The van der Waals surface area contributed by atoms with Crippen molar-refractivity contribution < 1.29 is 15.0 Å². The van der Waals surface area contributed by atoms with Crippen LogP contribution < -0.4 is 5.32 Å². The first-order chi connectivity index (χ1) is 10.1. The van der Waals surface area contributed by atoms with Crippen molar-refractivity contribution in [1.29, 1.82) is 0 Å². The summed E-state index contributed by atoms with van der Waals surface area (Å²) in [4.78, 5) is 15.4. The fraction of sp³-hybridized carbons (Fsp3) is 0.125. The minimum absolute atomic E-state index is 0.0389. The molecule has 0 aliphatic rings. The van der Waals surface area contributed by atoms with E-state index in [0.29, 0.717) is 5.56 Å². The molecule has 0 saturated carbocycles. The van der Waals surface area contributed by atoms with Crippen LogP contribution in [0.5, 0.6) is 5.75 Å². The Hall–Kier alpha value is -2.66. The highest BCUT2D eigenvalue weighted by atomic mass is 16.3. The molecule has 3 N–H and O–H groups in total. The van der Waals surface area contributed by atoms with Crippen molar-refractivity contribution in [3.8, 4) is 5.75 Å². The van der Waals surface area contributed by atoms with Gasteiger partial charge in [-0.25, -0.2) is 0 Å². The number of aliphatic hydroxyl groups excluding tert-OH is 1. The summed E-state index contributed by atoms with van der Waals surface area (Å²) in [6, 6.07) is 10.6. The molecule has 0 saturated heterocycles. The number of amides is 1. The van der Waals surface area contributed by atoms with Crippen LogP contribution in [0.4, 0.5) is 0 Å². The van der Waals surface area contributed by atoms with Gasteiger partial charge in [0.2, 0.25) is 5.91 Å². The Morgan fingerprint density at radius 1 is 1.29 bits per heavy atom. The fourth-order valence-corrected chi connectivity index (χ4v) is 1.76. The van der Waals surface area contributed by atoms with Gasteiger partial charge in [-0.15, -0.1) is 0 Å². The Kier molecular flexibility index (Phi) is 5.06. The molecule has 21 heavy (non-hydrogen) atoms. The van der Waals surface area contributed by atoms with E-state index in [1.165, 1.54) is 30.6 Å². The van der Waals surface area contributed by atoms with Gasteiger partial charge in [-0.2, -0.15) is 0 Å². The Labute approximate surface area is 122 Å². The molecule has 0 aliphatic heterocycles. The van der Waals surface area contributed by atoms with Crippen LogP contribution in [0, 0.1) is 0 Å². The summed E-state index contributed by atoms with van der Waals surface area (Å²) >= 11 is 0. The summed E-state index contributed by atoms with van der Waals surface area (Å²) in [6.45, 7) is 0.130. The Balaban J connectivity index is 1.85. The molecule has 5 nitrogen and oxygen atoms in total. The molecular formula is C16H16N2O3. The van der Waals surface area contributed by atoms with Crippen LogP contribution in [0.15, 0.2) is 54.9 Å². The summed E-state index contributed by atoms with van der Waals surface area (Å²) in [5.41, 5.74) is 1.37. The number of pyridine rings is 1. The molecule has 0 aliphatic carbocycles. The summed E-state index contributed by atoms with van der Waals surface area (Å²) in [5, 5.41) is 21.8. The quantitative estimate of drug-likeness (QED) is 0.729. The lowest BCUT2D eigenvalue weighted by molar-refractivity contribution is -0.116. The molecule has 0 bridgehead atoms. The number of hydrogen-bond donors (Lipinski definition) is 3. The van der Waals surface area contributed by atoms with E-state index in [0.717, 1.165) is 5.56 Å². The van der Waals surface area contributed by atoms with Crippen LogP contribution in [0.2, 0.25) is 0 Å². The van der Waals surface area contributed by atoms with Crippen LogP contribution in [0.3, 0.4) is 0 Å². The zero-order valence-corrected chi connectivity index (χ0v) is 11.3. The molecule has 1 amide bonds. The van der Waals surface area contributed by atoms with Gasteiger partial charge >= 0.3 is 0 Å². The highest BCUT2D eigenvalue weighted by molar-refractivity contribution is 5.91. The van der Waals surface area contributed by atoms with Gasteiger partial charge in [-0.1, -0.05) is 30.3 Å². The van der Waals surface area contributed by atoms with E-state index in [4.69, 9.17) is 0 Å². The fourth-order valence-electron chi connectivity index (χ4n) is 1.76. The molecule has 1 heterocycles. The highest BCUT2D eigenvalue weighted by Crippen LogP contribution is 2.11. The largest absolute Gasteiger partial charge is 0.506 e. The molecule has 1 aromatic heterocycles. The van der Waals surface area contributed by atoms with E-state index in [9.17, 15) is 15.0 Å². The zero-order valence-electron chi connectivity index (χ0n) is 11.3. The molecule has 5 heteroatoms. The molecule has 0 radical (unpaired) electrons. The summed E-state index contributed by atoms with van der Waals surface area (Å²) in [7, 11) is 0. The van der Waals surface area contributed by atoms with Gasteiger partial charge in [0.15, 0.2) is 0 Å². The van der Waals surface area contributed by atoms with Gasteiger partial charge < -0.3 is 15.5 Å². The molecule has 2 rings (SSSR count). The SMILES string of the molecule is O=C(/C=C/c1cncc(O)c1)NCC(O)c1ccccc1. The first-order valence-corrected chi connectivity index (χ1v) is 6.48. The second-order valence-electron chi connectivity index (χ2n) is 4.48. The molecular weight excluding hydrogens is 268 g/mol. The van der Waals surface area contributed by atoms with Crippen molar-refractivity contribution in [3.63, 3.8) is 0 Å². The number of benzene rings is 1. The van der Waals surface area contributed by atoms with Gasteiger partial charge in [0.1, 0.15) is 5.75 Å². The second kappa shape index (κ2) is 7.21. The predicted molar refractivity (Wildman–Crippen MR) is 79.3 cm³/mol. The van der Waals surface area contributed by atoms with Crippen molar-refractivity contribution in [1.82, 2.24) is 10.3 Å². The molecule has 108 valence electrons. The number of carbonyl (C=O) groups excluding carboxylic acids is 1. The van der Waals surface area contributed by atoms with Crippen molar-refractivity contribution in [2.75, 3.05) is 6.54 Å². The third kappa shape index (κ3) is 4.74. The maximum Gasteiger partial charge on any atom is 0.244 e. The van der Waals surface area contributed by atoms with E-state index in [-0.39, 0.29) is 18.2 Å². The maximum absolute atomic E-state index is 11.6. The Bertz CT molecular complexity index is 626. The smallest absolute Gasteiger partial charge is 0.244 e. The second-order valence-corrected chi connectivity index (χ2v) is 4.48. The van der Waals surface area contributed by atoms with E-state index in [2.05, 4.69) is 10.3 Å². The first-order valence-electron chi connectivity index (χ1n) is 6.48. The molecule has 0 fully saturated rings. The number of carbonyl (C=O) groups is 1. The van der Waals surface area contributed by atoms with E-state index < -0.39 is 6.10 Å². The normalized spacial score (nSPS) is 12.2. The average Bonchev–Trinajstić information content (AvgIpc) is 2.51. The zero-order chi connectivity index (χ0) is 15.1. The average molecular weight is 284 g/mol. The van der Waals surface area contributed by atoms with Crippen LogP contribution in [0.25, 0.3) is 6.08 Å². The number of nitrogens with zero attached hydrogens (tertiary/aromatic N) is 1. The van der Waals surface area contributed by atoms with E-state index >= 15 is 0 Å². The predicted octanol–water partition coefficient (Wildman–Crippen LogP) is 1.65. The van der Waals surface area contributed by atoms with E-state index in [1.807, 2.05) is 18.2 Å². The molecule has 1 unspecified atom stereocenters. The number of aromatic nitrogens is 1. The van der Waals surface area contributed by atoms with Gasteiger partial charge in [-0.3, -0.25) is 9.78 Å². The van der Waals surface area contributed by atoms with Crippen molar-refractivity contribution in [3.05, 3.63) is 66.0 Å².